The predicted octanol–water partition coefficient (Wildman–Crippen LogP) is 3.54. The molecule has 8 atom stereocenters. The van der Waals surface area contributed by atoms with Crippen molar-refractivity contribution >= 4 is 29.1 Å². The third-order valence-electron chi connectivity index (χ3n) is 11.6. The molecule has 0 aromatic carbocycles. The van der Waals surface area contributed by atoms with Gasteiger partial charge in [0.2, 0.25) is 0 Å². The summed E-state index contributed by atoms with van der Waals surface area (Å²) in [5.41, 5.74) is -4.46. The topological polar surface area (TPSA) is 135 Å². The Labute approximate surface area is 230 Å². The van der Waals surface area contributed by atoms with E-state index >= 15 is 0 Å². The van der Waals surface area contributed by atoms with E-state index in [0.29, 0.717) is 24.0 Å². The van der Waals surface area contributed by atoms with Crippen molar-refractivity contribution in [3.8, 4) is 0 Å². The van der Waals surface area contributed by atoms with Crippen LogP contribution >= 0.6 is 0 Å². The number of carbonyl (C=O) groups excluding carboxylic acids is 5. The number of methoxy groups -OCH3 is 1. The smallest absolute Gasteiger partial charge is 0.308 e. The van der Waals surface area contributed by atoms with Gasteiger partial charge >= 0.3 is 5.97 Å². The minimum atomic E-state index is -1.63. The minimum Gasteiger partial charge on any atom is -0.469 e. The summed E-state index contributed by atoms with van der Waals surface area (Å²) in [5, 5.41) is 22.5. The second kappa shape index (κ2) is 9.16. The molecule has 0 saturated heterocycles. The van der Waals surface area contributed by atoms with Crippen molar-refractivity contribution < 1.29 is 38.9 Å². The Bertz CT molecular complexity index is 1180. The number of hydrogen-bond acceptors (Lipinski definition) is 8. The molecule has 8 heteroatoms. The number of allylic oxidation sites excluding steroid dienone is 2. The first-order chi connectivity index (χ1) is 17.8. The summed E-state index contributed by atoms with van der Waals surface area (Å²) in [4.78, 5) is 66.7. The van der Waals surface area contributed by atoms with E-state index in [9.17, 15) is 34.2 Å². The van der Waals surface area contributed by atoms with Crippen LogP contribution in [-0.2, 0) is 28.7 Å². The van der Waals surface area contributed by atoms with E-state index in [1.54, 1.807) is 20.8 Å². The van der Waals surface area contributed by atoms with Gasteiger partial charge in [-0.05, 0) is 43.4 Å². The van der Waals surface area contributed by atoms with E-state index in [1.807, 2.05) is 20.8 Å². The van der Waals surface area contributed by atoms with Gasteiger partial charge in [-0.1, -0.05) is 34.6 Å². The molecule has 0 amide bonds. The molecule has 39 heavy (non-hydrogen) atoms. The Hall–Kier alpha value is -2.19. The number of esters is 1. The molecule has 0 heterocycles. The van der Waals surface area contributed by atoms with Crippen LogP contribution in [0.4, 0.5) is 0 Å². The van der Waals surface area contributed by atoms with Crippen LogP contribution in [0.15, 0.2) is 11.1 Å². The molecule has 0 spiro atoms. The molecule has 0 bridgehead atoms. The first-order valence-electron chi connectivity index (χ1n) is 14.1. The van der Waals surface area contributed by atoms with Crippen molar-refractivity contribution in [1.82, 2.24) is 0 Å². The van der Waals surface area contributed by atoms with Crippen LogP contribution in [0.3, 0.4) is 0 Å². The van der Waals surface area contributed by atoms with Crippen LogP contribution in [0.5, 0.6) is 0 Å². The van der Waals surface area contributed by atoms with E-state index in [1.165, 1.54) is 14.0 Å². The monoisotopic (exact) mass is 544 g/mol. The number of ketones is 4. The molecular weight excluding hydrogens is 500 g/mol. The van der Waals surface area contributed by atoms with Gasteiger partial charge in [0.1, 0.15) is 11.6 Å². The lowest BCUT2D eigenvalue weighted by atomic mass is 9.42. The average molecular weight is 545 g/mol. The summed E-state index contributed by atoms with van der Waals surface area (Å²) in [6, 6.07) is 0. The third kappa shape index (κ3) is 4.03. The molecule has 216 valence electrons. The minimum absolute atomic E-state index is 0.0137. The van der Waals surface area contributed by atoms with E-state index in [4.69, 9.17) is 4.74 Å². The second-order valence-electron chi connectivity index (χ2n) is 14.2. The molecule has 0 aliphatic heterocycles. The first kappa shape index (κ1) is 29.8. The van der Waals surface area contributed by atoms with Crippen molar-refractivity contribution in [2.75, 3.05) is 7.11 Å². The Kier molecular flexibility index (Phi) is 7.00. The van der Waals surface area contributed by atoms with E-state index in [-0.39, 0.29) is 61.2 Å². The number of fused-ring (bicyclic) bond motifs is 4. The molecule has 4 rings (SSSR count). The van der Waals surface area contributed by atoms with Crippen molar-refractivity contribution in [2.24, 2.45) is 39.4 Å². The third-order valence-corrected chi connectivity index (χ3v) is 11.6. The van der Waals surface area contributed by atoms with Gasteiger partial charge in [0, 0.05) is 54.6 Å². The molecular formula is C31H44O8. The van der Waals surface area contributed by atoms with Crippen LogP contribution in [0, 0.1) is 39.4 Å². The predicted molar refractivity (Wildman–Crippen MR) is 142 cm³/mol. The fraction of sp³-hybridized carbons (Fsp3) is 0.774. The maximum atomic E-state index is 14.1. The molecule has 2 unspecified atom stereocenters. The van der Waals surface area contributed by atoms with Crippen molar-refractivity contribution in [3.05, 3.63) is 11.1 Å². The van der Waals surface area contributed by atoms with Gasteiger partial charge in [0.25, 0.3) is 0 Å². The molecule has 0 radical (unpaired) electrons. The van der Waals surface area contributed by atoms with Gasteiger partial charge in [0.15, 0.2) is 11.6 Å². The molecule has 4 aliphatic rings. The number of ether oxygens (including phenoxy) is 1. The molecule has 2 saturated carbocycles. The lowest BCUT2D eigenvalue weighted by molar-refractivity contribution is -0.150. The molecule has 2 N–H and O–H groups in total. The molecule has 0 aromatic heterocycles. The molecule has 2 fully saturated rings. The standard InChI is InChI=1S/C31H44O8/c1-16(26(37)39-8)11-17(32)14-30(6,38)21-13-23(36)31(7)25-18(33)12-20-27(2,3)22(35)9-10-28(20,4)24(25)19(34)15-29(21,31)5/h16,20-22,35,38H,9-15H2,1-8H3/t16?,20?,21-,22-,28-,29+,30-,31-/m0/s1. The average Bonchev–Trinajstić information content (AvgIpc) is 3.03. The summed E-state index contributed by atoms with van der Waals surface area (Å²) < 4.78 is 4.71. The molecule has 4 aliphatic carbocycles. The van der Waals surface area contributed by atoms with Gasteiger partial charge in [-0.3, -0.25) is 24.0 Å². The fourth-order valence-corrected chi connectivity index (χ4v) is 9.08. The highest BCUT2D eigenvalue weighted by molar-refractivity contribution is 6.16. The Morgan fingerprint density at radius 3 is 2.26 bits per heavy atom. The lowest BCUT2D eigenvalue weighted by Gasteiger charge is -2.60. The van der Waals surface area contributed by atoms with Gasteiger partial charge in [-0.15, -0.1) is 0 Å². The summed E-state index contributed by atoms with van der Waals surface area (Å²) in [5.74, 6) is -3.10. The summed E-state index contributed by atoms with van der Waals surface area (Å²) in [7, 11) is 1.25. The Morgan fingerprint density at radius 2 is 1.67 bits per heavy atom. The van der Waals surface area contributed by atoms with Gasteiger partial charge in [0.05, 0.1) is 30.1 Å². The quantitative estimate of drug-likeness (QED) is 0.485. The number of Topliss-reactive ketones (excluding diaryl/α,β-unsaturated/α-hetero) is 4. The van der Waals surface area contributed by atoms with Crippen LogP contribution in [-0.4, -0.2) is 58.1 Å². The van der Waals surface area contributed by atoms with Crippen LogP contribution in [0.25, 0.3) is 0 Å². The summed E-state index contributed by atoms with van der Waals surface area (Å²) in [6.07, 6.45) is 0.164. The van der Waals surface area contributed by atoms with Crippen molar-refractivity contribution in [3.63, 3.8) is 0 Å². The van der Waals surface area contributed by atoms with E-state index in [0.717, 1.165) is 0 Å². The Balaban J connectivity index is 1.76. The highest BCUT2D eigenvalue weighted by Crippen LogP contribution is 2.70. The zero-order valence-electron chi connectivity index (χ0n) is 24.6. The SMILES string of the molecule is COC(=O)C(C)CC(=O)C[C@](C)(O)[C@H]1CC(=O)[C@@]2(C)C3=C(C(=O)C[C@]12C)[C@@]1(C)CC[C@H](O)C(C)(C)C1CC3=O. The lowest BCUT2D eigenvalue weighted by Crippen LogP contribution is -2.60. The van der Waals surface area contributed by atoms with Crippen LogP contribution in [0.1, 0.15) is 93.4 Å². The number of aliphatic hydroxyl groups excluding tert-OH is 1. The van der Waals surface area contributed by atoms with Crippen molar-refractivity contribution in [2.45, 2.75) is 105 Å². The highest BCUT2D eigenvalue weighted by Gasteiger charge is 2.72. The first-order valence-corrected chi connectivity index (χ1v) is 14.1. The maximum Gasteiger partial charge on any atom is 0.308 e. The number of aliphatic hydroxyl groups is 2. The largest absolute Gasteiger partial charge is 0.469 e. The normalized spacial score (nSPS) is 39.8. The number of carbonyl (C=O) groups is 5. The second-order valence-corrected chi connectivity index (χ2v) is 14.2. The van der Waals surface area contributed by atoms with Crippen LogP contribution < -0.4 is 0 Å². The van der Waals surface area contributed by atoms with Crippen LogP contribution in [0.2, 0.25) is 0 Å². The highest BCUT2D eigenvalue weighted by atomic mass is 16.5. The molecule has 8 nitrogen and oxygen atoms in total. The fourth-order valence-electron chi connectivity index (χ4n) is 9.08. The zero-order valence-corrected chi connectivity index (χ0v) is 24.6. The van der Waals surface area contributed by atoms with Crippen molar-refractivity contribution in [1.29, 1.82) is 0 Å². The maximum absolute atomic E-state index is 14.1. The molecule has 0 aromatic rings. The van der Waals surface area contributed by atoms with Gasteiger partial charge in [-0.25, -0.2) is 0 Å². The van der Waals surface area contributed by atoms with E-state index < -0.39 is 51.2 Å². The summed E-state index contributed by atoms with van der Waals surface area (Å²) >= 11 is 0. The Morgan fingerprint density at radius 1 is 1.05 bits per heavy atom. The van der Waals surface area contributed by atoms with Gasteiger partial charge < -0.3 is 14.9 Å². The van der Waals surface area contributed by atoms with E-state index in [2.05, 4.69) is 0 Å². The number of hydrogen-bond donors (Lipinski definition) is 2. The summed E-state index contributed by atoms with van der Waals surface area (Å²) in [6.45, 7) is 12.5. The zero-order chi connectivity index (χ0) is 29.5. The number of rotatable bonds is 6. The van der Waals surface area contributed by atoms with Gasteiger partial charge in [-0.2, -0.15) is 0 Å².